The van der Waals surface area contributed by atoms with Gasteiger partial charge >= 0.3 is 5.97 Å². The largest absolute Gasteiger partial charge is 0.480 e. The molecule has 1 fully saturated rings. The third-order valence-electron chi connectivity index (χ3n) is 1.85. The van der Waals surface area contributed by atoms with E-state index < -0.39 is 5.97 Å². The van der Waals surface area contributed by atoms with Gasteiger partial charge in [-0.15, -0.1) is 12.4 Å². The van der Waals surface area contributed by atoms with Crippen molar-refractivity contribution >= 4 is 30.3 Å². The van der Waals surface area contributed by atoms with Gasteiger partial charge in [-0.25, -0.2) is 0 Å². The lowest BCUT2D eigenvalue weighted by Gasteiger charge is -1.99. The highest BCUT2D eigenvalue weighted by molar-refractivity contribution is 8.00. The zero-order chi connectivity index (χ0) is 10.2. The van der Waals surface area contributed by atoms with Crippen LogP contribution in [-0.2, 0) is 4.79 Å². The Hall–Kier alpha value is -0.650. The standard InChI is InChI=1S/C5H9NO2.C4H5NS.ClH/c7-5(8)4-2-1-3-6-4;1-2-4-6-5-3-1;/h4,6H,1-3H2,(H,7,8);1-5H;1H/t4-;;/m0../s1. The predicted molar refractivity (Wildman–Crippen MR) is 64.9 cm³/mol. The lowest BCUT2D eigenvalue weighted by Crippen LogP contribution is -2.29. The second-order valence-electron chi connectivity index (χ2n) is 2.91. The number of carbonyl (C=O) groups is 1. The molecule has 0 aromatic rings. The fourth-order valence-corrected chi connectivity index (χ4v) is 1.56. The molecule has 86 valence electrons. The smallest absolute Gasteiger partial charge is 0.320 e. The Morgan fingerprint density at radius 1 is 1.47 bits per heavy atom. The fourth-order valence-electron chi connectivity index (χ4n) is 1.15. The topological polar surface area (TPSA) is 61.4 Å². The predicted octanol–water partition coefficient (Wildman–Crippen LogP) is 1.51. The van der Waals surface area contributed by atoms with Crippen molar-refractivity contribution in [1.82, 2.24) is 10.0 Å². The molecule has 0 radical (unpaired) electrons. The highest BCUT2D eigenvalue weighted by Gasteiger charge is 2.20. The van der Waals surface area contributed by atoms with E-state index in [-0.39, 0.29) is 18.4 Å². The molecule has 15 heavy (non-hydrogen) atoms. The summed E-state index contributed by atoms with van der Waals surface area (Å²) in [6.45, 7) is 0.858. The van der Waals surface area contributed by atoms with Crippen molar-refractivity contribution in [3.8, 4) is 0 Å². The highest BCUT2D eigenvalue weighted by atomic mass is 35.5. The molecule has 0 aliphatic carbocycles. The Morgan fingerprint density at radius 3 is 2.47 bits per heavy atom. The second kappa shape index (κ2) is 8.64. The van der Waals surface area contributed by atoms with Gasteiger partial charge in [-0.1, -0.05) is 6.08 Å². The molecule has 0 aromatic heterocycles. The molecule has 0 aromatic carbocycles. The first-order valence-corrected chi connectivity index (χ1v) is 5.38. The molecule has 4 nitrogen and oxygen atoms in total. The summed E-state index contributed by atoms with van der Waals surface area (Å²) in [7, 11) is 0. The molecule has 2 aliphatic rings. The number of carboxylic acid groups (broad SMARTS) is 1. The van der Waals surface area contributed by atoms with Gasteiger partial charge in [-0.3, -0.25) is 4.79 Å². The maximum absolute atomic E-state index is 10.1. The number of carboxylic acids is 1. The first kappa shape index (κ1) is 14.3. The molecule has 0 bridgehead atoms. The summed E-state index contributed by atoms with van der Waals surface area (Å²) < 4.78 is 2.93. The SMILES string of the molecule is C1=CNSC=C1.Cl.O=C(O)[C@@H]1CCCN1. The van der Waals surface area contributed by atoms with E-state index in [0.29, 0.717) is 0 Å². The van der Waals surface area contributed by atoms with Gasteiger partial charge in [0.2, 0.25) is 0 Å². The van der Waals surface area contributed by atoms with E-state index in [1.165, 1.54) is 0 Å². The van der Waals surface area contributed by atoms with Crippen LogP contribution in [0.2, 0.25) is 0 Å². The summed E-state index contributed by atoms with van der Waals surface area (Å²) in [5.74, 6) is -0.720. The van der Waals surface area contributed by atoms with Crippen LogP contribution in [0, 0.1) is 0 Å². The molecule has 6 heteroatoms. The fraction of sp³-hybridized carbons (Fsp3) is 0.444. The first-order valence-electron chi connectivity index (χ1n) is 4.50. The van der Waals surface area contributed by atoms with Gasteiger partial charge in [0.25, 0.3) is 0 Å². The van der Waals surface area contributed by atoms with Crippen molar-refractivity contribution in [3.05, 3.63) is 23.8 Å². The lowest BCUT2D eigenvalue weighted by atomic mass is 10.2. The number of rotatable bonds is 1. The third-order valence-corrected chi connectivity index (χ3v) is 2.41. The molecule has 1 atom stereocenters. The molecule has 0 amide bonds. The van der Waals surface area contributed by atoms with Crippen LogP contribution in [0.3, 0.4) is 0 Å². The zero-order valence-electron chi connectivity index (χ0n) is 8.18. The lowest BCUT2D eigenvalue weighted by molar-refractivity contribution is -0.139. The average Bonchev–Trinajstić information content (AvgIpc) is 2.74. The molecular weight excluding hydrogens is 236 g/mol. The van der Waals surface area contributed by atoms with Crippen molar-refractivity contribution < 1.29 is 9.90 Å². The third kappa shape index (κ3) is 6.43. The normalized spacial score (nSPS) is 22.0. The zero-order valence-corrected chi connectivity index (χ0v) is 9.81. The Kier molecular flexibility index (Phi) is 8.27. The van der Waals surface area contributed by atoms with Gasteiger partial charge in [-0.2, -0.15) is 0 Å². The molecule has 0 saturated carbocycles. The summed E-state index contributed by atoms with van der Waals surface area (Å²) in [6, 6.07) is -0.269. The quantitative estimate of drug-likeness (QED) is 0.616. The van der Waals surface area contributed by atoms with Crippen LogP contribution in [0.15, 0.2) is 23.8 Å². The van der Waals surface area contributed by atoms with Crippen molar-refractivity contribution in [1.29, 1.82) is 0 Å². The minimum absolute atomic E-state index is 0. The Morgan fingerprint density at radius 2 is 2.27 bits per heavy atom. The van der Waals surface area contributed by atoms with Crippen molar-refractivity contribution in [3.63, 3.8) is 0 Å². The van der Waals surface area contributed by atoms with Crippen LogP contribution in [0.4, 0.5) is 0 Å². The van der Waals surface area contributed by atoms with Crippen LogP contribution in [-0.4, -0.2) is 23.7 Å². The summed E-state index contributed by atoms with van der Waals surface area (Å²) in [4.78, 5) is 10.1. The van der Waals surface area contributed by atoms with Crippen LogP contribution >= 0.6 is 24.4 Å². The summed E-state index contributed by atoms with van der Waals surface area (Å²) in [5.41, 5.74) is 0. The van der Waals surface area contributed by atoms with Crippen molar-refractivity contribution in [2.75, 3.05) is 6.54 Å². The second-order valence-corrected chi connectivity index (χ2v) is 3.65. The number of hydrogen-bond donors (Lipinski definition) is 3. The Bertz CT molecular complexity index is 228. The van der Waals surface area contributed by atoms with Gasteiger partial charge in [0.05, 0.1) is 0 Å². The monoisotopic (exact) mass is 250 g/mol. The molecule has 0 spiro atoms. The van der Waals surface area contributed by atoms with E-state index in [1.807, 2.05) is 23.8 Å². The molecule has 0 unspecified atom stereocenters. The highest BCUT2D eigenvalue weighted by Crippen LogP contribution is 2.03. The number of aliphatic carboxylic acids is 1. The van der Waals surface area contributed by atoms with Gasteiger partial charge in [-0.05, 0) is 42.8 Å². The van der Waals surface area contributed by atoms with Crippen LogP contribution in [0.25, 0.3) is 0 Å². The van der Waals surface area contributed by atoms with Gasteiger partial charge < -0.3 is 15.1 Å². The molecule has 1 saturated heterocycles. The van der Waals surface area contributed by atoms with E-state index in [4.69, 9.17) is 5.11 Å². The minimum Gasteiger partial charge on any atom is -0.480 e. The number of allylic oxidation sites excluding steroid dienone is 2. The van der Waals surface area contributed by atoms with E-state index in [9.17, 15) is 4.79 Å². The van der Waals surface area contributed by atoms with Crippen LogP contribution < -0.4 is 10.0 Å². The molecule has 3 N–H and O–H groups in total. The van der Waals surface area contributed by atoms with E-state index in [2.05, 4.69) is 10.0 Å². The van der Waals surface area contributed by atoms with Crippen LogP contribution in [0.1, 0.15) is 12.8 Å². The van der Waals surface area contributed by atoms with Crippen molar-refractivity contribution in [2.45, 2.75) is 18.9 Å². The molecular formula is C9H15ClN2O2S. The maximum Gasteiger partial charge on any atom is 0.320 e. The summed E-state index contributed by atoms with van der Waals surface area (Å²) >= 11 is 1.58. The molecule has 2 aliphatic heterocycles. The molecule has 2 heterocycles. The summed E-state index contributed by atoms with van der Waals surface area (Å²) in [6.07, 6.45) is 7.62. The number of nitrogens with one attached hydrogen (secondary N) is 2. The first-order chi connectivity index (χ1) is 6.80. The van der Waals surface area contributed by atoms with E-state index in [1.54, 1.807) is 11.9 Å². The van der Waals surface area contributed by atoms with Gasteiger partial charge in [0.15, 0.2) is 0 Å². The van der Waals surface area contributed by atoms with E-state index >= 15 is 0 Å². The Labute approximate surface area is 99.7 Å². The van der Waals surface area contributed by atoms with Gasteiger partial charge in [0, 0.05) is 6.20 Å². The summed E-state index contributed by atoms with van der Waals surface area (Å²) in [5, 5.41) is 13.2. The van der Waals surface area contributed by atoms with Crippen LogP contribution in [0.5, 0.6) is 0 Å². The maximum atomic E-state index is 10.1. The molecule has 2 rings (SSSR count). The minimum atomic E-state index is -0.720. The van der Waals surface area contributed by atoms with Crippen molar-refractivity contribution in [2.24, 2.45) is 0 Å². The van der Waals surface area contributed by atoms with Gasteiger partial charge in [0.1, 0.15) is 6.04 Å². The van der Waals surface area contributed by atoms with E-state index in [0.717, 1.165) is 19.4 Å². The Balaban J connectivity index is 0.000000253. The number of halogens is 1. The average molecular weight is 251 g/mol. The number of hydrogen-bond acceptors (Lipinski definition) is 4.